The van der Waals surface area contributed by atoms with E-state index in [0.29, 0.717) is 0 Å². The number of rotatable bonds is 3. The summed E-state index contributed by atoms with van der Waals surface area (Å²) in [7, 11) is 0. The van der Waals surface area contributed by atoms with Crippen molar-refractivity contribution in [2.75, 3.05) is 0 Å². The molecule has 0 rings (SSSR count). The minimum absolute atomic E-state index is 0.480. The molecule has 0 aliphatic heterocycles. The first-order chi connectivity index (χ1) is 5.57. The van der Waals surface area contributed by atoms with Crippen LogP contribution in [0.5, 0.6) is 0 Å². The van der Waals surface area contributed by atoms with Gasteiger partial charge in [-0.3, -0.25) is 0 Å². The van der Waals surface area contributed by atoms with E-state index in [4.69, 9.17) is 5.11 Å². The van der Waals surface area contributed by atoms with Crippen molar-refractivity contribution in [2.24, 2.45) is 5.41 Å². The molecular formula is C8H13F3O2. The first-order valence-electron chi connectivity index (χ1n) is 3.82. The van der Waals surface area contributed by atoms with Crippen molar-refractivity contribution in [1.82, 2.24) is 0 Å². The summed E-state index contributed by atoms with van der Waals surface area (Å²) in [5.41, 5.74) is -0.654. The maximum absolute atomic E-state index is 12.8. The second-order valence-corrected chi connectivity index (χ2v) is 4.16. The molecule has 5 heteroatoms. The van der Waals surface area contributed by atoms with Crippen molar-refractivity contribution in [3.05, 3.63) is 0 Å². The molecule has 0 bridgehead atoms. The summed E-state index contributed by atoms with van der Waals surface area (Å²) in [6.45, 7) is 4.70. The molecule has 0 fully saturated rings. The number of carbonyl (C=O) groups is 1. The standard InChI is InChI=1S/C8H13F3O2/c1-7(2,3)4-5(9)8(10,11)6(12)13/h5H,4H2,1-3H3,(H,12,13). The summed E-state index contributed by atoms with van der Waals surface area (Å²) >= 11 is 0. The molecule has 0 saturated heterocycles. The van der Waals surface area contributed by atoms with Gasteiger partial charge in [0.15, 0.2) is 6.17 Å². The Balaban J connectivity index is 4.43. The quantitative estimate of drug-likeness (QED) is 0.756. The summed E-state index contributed by atoms with van der Waals surface area (Å²) in [5, 5.41) is 8.02. The van der Waals surface area contributed by atoms with Gasteiger partial charge in [0.2, 0.25) is 0 Å². The summed E-state index contributed by atoms with van der Waals surface area (Å²) in [6, 6.07) is 0. The Bertz CT molecular complexity index is 196. The number of hydrogen-bond acceptors (Lipinski definition) is 1. The van der Waals surface area contributed by atoms with Gasteiger partial charge < -0.3 is 5.11 Å². The van der Waals surface area contributed by atoms with Crippen molar-refractivity contribution < 1.29 is 23.1 Å². The lowest BCUT2D eigenvalue weighted by molar-refractivity contribution is -0.176. The molecule has 1 unspecified atom stereocenters. The fourth-order valence-electron chi connectivity index (χ4n) is 0.800. The van der Waals surface area contributed by atoms with Crippen molar-refractivity contribution in [1.29, 1.82) is 0 Å². The van der Waals surface area contributed by atoms with Gasteiger partial charge in [-0.1, -0.05) is 20.8 Å². The molecule has 2 nitrogen and oxygen atoms in total. The number of carboxylic acids is 1. The van der Waals surface area contributed by atoms with Gasteiger partial charge in [-0.2, -0.15) is 8.78 Å². The smallest absolute Gasteiger partial charge is 0.377 e. The van der Waals surface area contributed by atoms with Crippen LogP contribution in [0.15, 0.2) is 0 Å². The Morgan fingerprint density at radius 3 is 2.00 bits per heavy atom. The van der Waals surface area contributed by atoms with Gasteiger partial charge in [-0.05, 0) is 11.8 Å². The zero-order valence-corrected chi connectivity index (χ0v) is 7.77. The molecule has 0 aromatic rings. The summed E-state index contributed by atoms with van der Waals surface area (Å²) in [4.78, 5) is 9.96. The predicted octanol–water partition coefficient (Wildman–Crippen LogP) is 2.48. The van der Waals surface area contributed by atoms with E-state index in [1.54, 1.807) is 20.8 Å². The average molecular weight is 198 g/mol. The minimum Gasteiger partial charge on any atom is -0.477 e. The molecular weight excluding hydrogens is 185 g/mol. The lowest BCUT2D eigenvalue weighted by atomic mass is 9.88. The zero-order valence-electron chi connectivity index (χ0n) is 7.77. The highest BCUT2D eigenvalue weighted by atomic mass is 19.3. The second-order valence-electron chi connectivity index (χ2n) is 4.16. The van der Waals surface area contributed by atoms with Crippen LogP contribution in [0.25, 0.3) is 0 Å². The third-order valence-corrected chi connectivity index (χ3v) is 1.47. The number of hydrogen-bond donors (Lipinski definition) is 1. The lowest BCUT2D eigenvalue weighted by Crippen LogP contribution is -2.40. The van der Waals surface area contributed by atoms with Crippen LogP contribution in [-0.2, 0) is 4.79 Å². The van der Waals surface area contributed by atoms with Gasteiger partial charge in [0, 0.05) is 0 Å². The monoisotopic (exact) mass is 198 g/mol. The number of alkyl halides is 3. The molecule has 78 valence electrons. The van der Waals surface area contributed by atoms with Gasteiger partial charge in [-0.15, -0.1) is 0 Å². The molecule has 0 aromatic heterocycles. The Labute approximate surface area is 74.7 Å². The van der Waals surface area contributed by atoms with Crippen LogP contribution in [0.2, 0.25) is 0 Å². The predicted molar refractivity (Wildman–Crippen MR) is 41.6 cm³/mol. The third-order valence-electron chi connectivity index (χ3n) is 1.47. The molecule has 0 amide bonds. The molecule has 0 spiro atoms. The molecule has 0 aromatic carbocycles. The summed E-state index contributed by atoms with van der Waals surface area (Å²) in [6.07, 6.45) is -3.11. The van der Waals surface area contributed by atoms with Crippen LogP contribution in [-0.4, -0.2) is 23.2 Å². The number of aliphatic carboxylic acids is 1. The average Bonchev–Trinajstić information content (AvgIpc) is 1.82. The van der Waals surface area contributed by atoms with Crippen molar-refractivity contribution in [3.8, 4) is 0 Å². The molecule has 1 atom stereocenters. The second kappa shape index (κ2) is 3.55. The third kappa shape index (κ3) is 3.65. The topological polar surface area (TPSA) is 37.3 Å². The highest BCUT2D eigenvalue weighted by Gasteiger charge is 2.49. The number of halogens is 3. The molecule has 13 heavy (non-hydrogen) atoms. The van der Waals surface area contributed by atoms with E-state index >= 15 is 0 Å². The fraction of sp³-hybridized carbons (Fsp3) is 0.875. The first-order valence-corrected chi connectivity index (χ1v) is 3.82. The van der Waals surface area contributed by atoms with E-state index in [-0.39, 0.29) is 0 Å². The highest BCUT2D eigenvalue weighted by Crippen LogP contribution is 2.31. The van der Waals surface area contributed by atoms with Gasteiger partial charge in [0.1, 0.15) is 0 Å². The molecule has 0 heterocycles. The van der Waals surface area contributed by atoms with E-state index in [2.05, 4.69) is 0 Å². The van der Waals surface area contributed by atoms with Gasteiger partial charge in [-0.25, -0.2) is 9.18 Å². The normalized spacial score (nSPS) is 15.5. The zero-order chi connectivity index (χ0) is 10.9. The van der Waals surface area contributed by atoms with E-state index in [0.717, 1.165) is 0 Å². The van der Waals surface area contributed by atoms with E-state index in [1.807, 2.05) is 0 Å². The molecule has 0 aliphatic carbocycles. The van der Waals surface area contributed by atoms with Gasteiger partial charge in [0.05, 0.1) is 0 Å². The van der Waals surface area contributed by atoms with E-state index in [9.17, 15) is 18.0 Å². The lowest BCUT2D eigenvalue weighted by Gasteiger charge is -2.24. The van der Waals surface area contributed by atoms with Crippen molar-refractivity contribution >= 4 is 5.97 Å². The minimum atomic E-state index is -4.28. The maximum atomic E-state index is 12.8. The van der Waals surface area contributed by atoms with Crippen LogP contribution in [0, 0.1) is 5.41 Å². The first kappa shape index (κ1) is 12.3. The Morgan fingerprint density at radius 2 is 1.77 bits per heavy atom. The SMILES string of the molecule is CC(C)(C)CC(F)C(F)(F)C(=O)O. The Hall–Kier alpha value is -0.740. The van der Waals surface area contributed by atoms with Crippen molar-refractivity contribution in [3.63, 3.8) is 0 Å². The van der Waals surface area contributed by atoms with Crippen LogP contribution >= 0.6 is 0 Å². The van der Waals surface area contributed by atoms with E-state index < -0.39 is 29.9 Å². The molecule has 0 saturated carbocycles. The molecule has 1 N–H and O–H groups in total. The van der Waals surface area contributed by atoms with E-state index in [1.165, 1.54) is 0 Å². The Morgan fingerprint density at radius 1 is 1.38 bits per heavy atom. The van der Waals surface area contributed by atoms with Crippen LogP contribution in [0.3, 0.4) is 0 Å². The molecule has 0 radical (unpaired) electrons. The largest absolute Gasteiger partial charge is 0.477 e. The molecule has 0 aliphatic rings. The number of carboxylic acid groups (broad SMARTS) is 1. The van der Waals surface area contributed by atoms with Crippen LogP contribution in [0.4, 0.5) is 13.2 Å². The Kier molecular flexibility index (Phi) is 3.35. The fourth-order valence-corrected chi connectivity index (χ4v) is 0.800. The van der Waals surface area contributed by atoms with Crippen LogP contribution < -0.4 is 0 Å². The van der Waals surface area contributed by atoms with Gasteiger partial charge >= 0.3 is 11.9 Å². The van der Waals surface area contributed by atoms with Crippen LogP contribution in [0.1, 0.15) is 27.2 Å². The maximum Gasteiger partial charge on any atom is 0.377 e. The summed E-state index contributed by atoms with van der Waals surface area (Å²) < 4.78 is 37.8. The summed E-state index contributed by atoms with van der Waals surface area (Å²) in [5.74, 6) is -6.70. The van der Waals surface area contributed by atoms with Gasteiger partial charge in [0.25, 0.3) is 0 Å². The van der Waals surface area contributed by atoms with Crippen molar-refractivity contribution in [2.45, 2.75) is 39.3 Å². The highest BCUT2D eigenvalue weighted by molar-refractivity contribution is 5.76.